The molecule has 1 fully saturated rings. The number of methoxy groups -OCH3 is 1. The summed E-state index contributed by atoms with van der Waals surface area (Å²) in [5.41, 5.74) is 2.52. The van der Waals surface area contributed by atoms with Crippen molar-refractivity contribution in [3.8, 4) is 17.0 Å². The Morgan fingerprint density at radius 3 is 2.23 bits per heavy atom. The van der Waals surface area contributed by atoms with Gasteiger partial charge in [0.2, 0.25) is 0 Å². The fourth-order valence-corrected chi connectivity index (χ4v) is 3.41. The first kappa shape index (κ1) is 20.0. The number of piperazine rings is 1. The van der Waals surface area contributed by atoms with Crippen LogP contribution in [0.5, 0.6) is 5.75 Å². The highest BCUT2D eigenvalue weighted by Crippen LogP contribution is 2.22. The van der Waals surface area contributed by atoms with Crippen LogP contribution in [-0.2, 0) is 0 Å². The van der Waals surface area contributed by atoms with Crippen LogP contribution in [0.3, 0.4) is 0 Å². The number of ether oxygens (including phenoxy) is 1. The highest BCUT2D eigenvalue weighted by Gasteiger charge is 2.22. The molecule has 2 amide bonds. The number of nitrogens with one attached hydrogen (secondary N) is 1. The Kier molecular flexibility index (Phi) is 5.99. The summed E-state index contributed by atoms with van der Waals surface area (Å²) in [6, 6.07) is 18.6. The van der Waals surface area contributed by atoms with Gasteiger partial charge < -0.3 is 19.9 Å². The average molecular weight is 424 g/mol. The standard InChI is InChI=1S/C22H22ClN5O2/c1-30-19-8-2-16(3-9-19)20-10-11-21(26-25-20)27-12-14-28(15-13-27)22(29)24-18-6-4-17(23)5-7-18/h2-11H,12-15H2,1H3,(H,24,29). The van der Waals surface area contributed by atoms with Crippen molar-refractivity contribution in [2.45, 2.75) is 0 Å². The average Bonchev–Trinajstić information content (AvgIpc) is 2.81. The number of aromatic nitrogens is 2. The molecule has 0 radical (unpaired) electrons. The van der Waals surface area contributed by atoms with Gasteiger partial charge in [-0.1, -0.05) is 11.6 Å². The number of urea groups is 1. The van der Waals surface area contributed by atoms with Crippen molar-refractivity contribution >= 4 is 29.1 Å². The molecule has 0 atom stereocenters. The lowest BCUT2D eigenvalue weighted by Gasteiger charge is -2.35. The maximum Gasteiger partial charge on any atom is 0.321 e. The quantitative estimate of drug-likeness (QED) is 0.682. The summed E-state index contributed by atoms with van der Waals surface area (Å²) in [4.78, 5) is 16.4. The number of carbonyl (C=O) groups is 1. The van der Waals surface area contributed by atoms with Gasteiger partial charge >= 0.3 is 6.03 Å². The molecule has 154 valence electrons. The summed E-state index contributed by atoms with van der Waals surface area (Å²) in [6.07, 6.45) is 0. The van der Waals surface area contributed by atoms with E-state index in [0.29, 0.717) is 31.2 Å². The summed E-state index contributed by atoms with van der Waals surface area (Å²) in [5.74, 6) is 1.62. The Balaban J connectivity index is 1.33. The molecule has 0 unspecified atom stereocenters. The van der Waals surface area contributed by atoms with E-state index in [2.05, 4.69) is 20.4 Å². The summed E-state index contributed by atoms with van der Waals surface area (Å²) >= 11 is 5.88. The molecule has 1 aromatic heterocycles. The normalized spacial score (nSPS) is 13.8. The van der Waals surface area contributed by atoms with Crippen LogP contribution >= 0.6 is 11.6 Å². The van der Waals surface area contributed by atoms with Crippen molar-refractivity contribution in [3.63, 3.8) is 0 Å². The third kappa shape index (κ3) is 4.63. The van der Waals surface area contributed by atoms with Crippen molar-refractivity contribution in [3.05, 3.63) is 65.7 Å². The number of nitrogens with zero attached hydrogens (tertiary/aromatic N) is 4. The molecule has 0 aliphatic carbocycles. The van der Waals surface area contributed by atoms with Crippen molar-refractivity contribution in [2.24, 2.45) is 0 Å². The highest BCUT2D eigenvalue weighted by molar-refractivity contribution is 6.30. The molecule has 3 aromatic rings. The van der Waals surface area contributed by atoms with Crippen LogP contribution in [-0.4, -0.2) is 54.4 Å². The number of hydrogen-bond acceptors (Lipinski definition) is 5. The summed E-state index contributed by atoms with van der Waals surface area (Å²) in [5, 5.41) is 12.3. The zero-order chi connectivity index (χ0) is 20.9. The zero-order valence-electron chi connectivity index (χ0n) is 16.6. The number of anilines is 2. The van der Waals surface area contributed by atoms with Gasteiger partial charge in [-0.25, -0.2) is 4.79 Å². The topological polar surface area (TPSA) is 70.6 Å². The van der Waals surface area contributed by atoms with E-state index >= 15 is 0 Å². The van der Waals surface area contributed by atoms with Gasteiger partial charge in [0.05, 0.1) is 12.8 Å². The first-order chi connectivity index (χ1) is 14.6. The fraction of sp³-hybridized carbons (Fsp3) is 0.227. The minimum Gasteiger partial charge on any atom is -0.497 e. The summed E-state index contributed by atoms with van der Waals surface area (Å²) in [7, 11) is 1.64. The van der Waals surface area contributed by atoms with Crippen LogP contribution in [0.15, 0.2) is 60.7 Å². The van der Waals surface area contributed by atoms with Crippen LogP contribution in [0.1, 0.15) is 0 Å². The van der Waals surface area contributed by atoms with Crippen molar-refractivity contribution < 1.29 is 9.53 Å². The van der Waals surface area contributed by atoms with E-state index < -0.39 is 0 Å². The van der Waals surface area contributed by atoms with E-state index in [-0.39, 0.29) is 6.03 Å². The molecule has 0 saturated carbocycles. The van der Waals surface area contributed by atoms with Gasteiger partial charge in [0, 0.05) is 42.5 Å². The van der Waals surface area contributed by atoms with Gasteiger partial charge in [0.25, 0.3) is 0 Å². The summed E-state index contributed by atoms with van der Waals surface area (Å²) in [6.45, 7) is 2.62. The fourth-order valence-electron chi connectivity index (χ4n) is 3.28. The SMILES string of the molecule is COc1ccc(-c2ccc(N3CCN(C(=O)Nc4ccc(Cl)cc4)CC3)nn2)cc1. The van der Waals surface area contributed by atoms with E-state index in [1.807, 2.05) is 36.4 Å². The Morgan fingerprint density at radius 1 is 0.933 bits per heavy atom. The lowest BCUT2D eigenvalue weighted by atomic mass is 10.1. The largest absolute Gasteiger partial charge is 0.497 e. The first-order valence-corrected chi connectivity index (χ1v) is 10.0. The Morgan fingerprint density at radius 2 is 1.63 bits per heavy atom. The molecule has 7 nitrogen and oxygen atoms in total. The van der Waals surface area contributed by atoms with Crippen LogP contribution in [0.25, 0.3) is 11.3 Å². The number of amides is 2. The first-order valence-electron chi connectivity index (χ1n) is 9.67. The number of hydrogen-bond donors (Lipinski definition) is 1. The molecule has 1 N–H and O–H groups in total. The van der Waals surface area contributed by atoms with Crippen molar-refractivity contribution in [2.75, 3.05) is 43.5 Å². The smallest absolute Gasteiger partial charge is 0.321 e. The third-order valence-corrected chi connectivity index (χ3v) is 5.27. The van der Waals surface area contributed by atoms with Gasteiger partial charge in [-0.05, 0) is 60.7 Å². The second kappa shape index (κ2) is 9.00. The summed E-state index contributed by atoms with van der Waals surface area (Å²) < 4.78 is 5.19. The monoisotopic (exact) mass is 423 g/mol. The molecule has 0 bridgehead atoms. The molecular formula is C22H22ClN5O2. The van der Waals surface area contributed by atoms with E-state index in [1.54, 1.807) is 36.3 Å². The van der Waals surface area contributed by atoms with E-state index in [9.17, 15) is 4.79 Å². The zero-order valence-corrected chi connectivity index (χ0v) is 17.3. The molecule has 0 spiro atoms. The number of carbonyl (C=O) groups excluding carboxylic acids is 1. The van der Waals surface area contributed by atoms with Gasteiger partial charge in [-0.15, -0.1) is 10.2 Å². The van der Waals surface area contributed by atoms with Gasteiger partial charge in [0.15, 0.2) is 5.82 Å². The van der Waals surface area contributed by atoms with Crippen LogP contribution in [0, 0.1) is 0 Å². The molecule has 2 aromatic carbocycles. The molecule has 1 aliphatic rings. The second-order valence-corrected chi connectivity index (χ2v) is 7.35. The maximum absolute atomic E-state index is 12.5. The van der Waals surface area contributed by atoms with Crippen LogP contribution in [0.2, 0.25) is 5.02 Å². The van der Waals surface area contributed by atoms with Crippen molar-refractivity contribution in [1.82, 2.24) is 15.1 Å². The van der Waals surface area contributed by atoms with Gasteiger partial charge in [-0.3, -0.25) is 0 Å². The van der Waals surface area contributed by atoms with Crippen molar-refractivity contribution in [1.29, 1.82) is 0 Å². The highest BCUT2D eigenvalue weighted by atomic mass is 35.5. The molecule has 30 heavy (non-hydrogen) atoms. The van der Waals surface area contributed by atoms with E-state index in [0.717, 1.165) is 28.5 Å². The maximum atomic E-state index is 12.5. The number of benzene rings is 2. The van der Waals surface area contributed by atoms with E-state index in [1.165, 1.54) is 0 Å². The predicted octanol–water partition coefficient (Wildman–Crippen LogP) is 4.16. The van der Waals surface area contributed by atoms with Crippen LogP contribution in [0.4, 0.5) is 16.3 Å². The molecule has 4 rings (SSSR count). The minimum absolute atomic E-state index is 0.113. The molecule has 1 saturated heterocycles. The number of halogens is 1. The lowest BCUT2D eigenvalue weighted by Crippen LogP contribution is -2.50. The predicted molar refractivity (Wildman–Crippen MR) is 118 cm³/mol. The molecule has 8 heteroatoms. The Hall–Kier alpha value is -3.32. The molecule has 2 heterocycles. The molecular weight excluding hydrogens is 402 g/mol. The number of rotatable bonds is 4. The Labute approximate surface area is 180 Å². The molecule has 1 aliphatic heterocycles. The van der Waals surface area contributed by atoms with Gasteiger partial charge in [-0.2, -0.15) is 0 Å². The van der Waals surface area contributed by atoms with E-state index in [4.69, 9.17) is 16.3 Å². The Bertz CT molecular complexity index is 986. The third-order valence-electron chi connectivity index (χ3n) is 5.02. The lowest BCUT2D eigenvalue weighted by molar-refractivity contribution is 0.208. The minimum atomic E-state index is -0.113. The van der Waals surface area contributed by atoms with Gasteiger partial charge in [0.1, 0.15) is 5.75 Å². The second-order valence-electron chi connectivity index (χ2n) is 6.92. The van der Waals surface area contributed by atoms with Crippen LogP contribution < -0.4 is 15.0 Å².